The molecule has 2 aromatic heterocycles. The molecule has 17 heavy (non-hydrogen) atoms. The number of rotatable bonds is 3. The molecule has 0 aliphatic heterocycles. The van der Waals surface area contributed by atoms with Gasteiger partial charge in [0, 0.05) is 24.5 Å². The number of hydrogen-bond acceptors (Lipinski definition) is 3. The number of pyridine rings is 1. The van der Waals surface area contributed by atoms with Gasteiger partial charge in [-0.05, 0) is 32.9 Å². The van der Waals surface area contributed by atoms with Gasteiger partial charge in [0.05, 0.1) is 5.69 Å². The summed E-state index contributed by atoms with van der Waals surface area (Å²) in [5.74, 6) is 0.891. The largest absolute Gasteiger partial charge is 0.306 e. The fourth-order valence-electron chi connectivity index (χ4n) is 1.44. The molecule has 0 fully saturated rings. The summed E-state index contributed by atoms with van der Waals surface area (Å²) in [6.45, 7) is 7.19. The standard InChI is InChI=1S/C13H18N4/c1-13(2,3)16-8-11-9-17(10-15-11)12-6-4-5-7-14-12/h4-7,9-10,16H,8H2,1-3H3. The molecule has 0 aliphatic rings. The molecule has 0 spiro atoms. The zero-order chi connectivity index (χ0) is 12.3. The maximum absolute atomic E-state index is 4.36. The normalized spacial score (nSPS) is 11.7. The topological polar surface area (TPSA) is 42.7 Å². The Hall–Kier alpha value is -1.68. The van der Waals surface area contributed by atoms with Crippen LogP contribution in [0, 0.1) is 0 Å². The maximum Gasteiger partial charge on any atom is 0.137 e. The minimum absolute atomic E-state index is 0.106. The van der Waals surface area contributed by atoms with Crippen molar-refractivity contribution in [1.29, 1.82) is 0 Å². The maximum atomic E-state index is 4.36. The lowest BCUT2D eigenvalue weighted by atomic mass is 10.1. The van der Waals surface area contributed by atoms with Gasteiger partial charge in [0.15, 0.2) is 0 Å². The summed E-state index contributed by atoms with van der Waals surface area (Å²) < 4.78 is 1.93. The second-order valence-corrected chi connectivity index (χ2v) is 5.06. The third-order valence-corrected chi connectivity index (χ3v) is 2.35. The average Bonchev–Trinajstić information content (AvgIpc) is 2.75. The Kier molecular flexibility index (Phi) is 3.24. The van der Waals surface area contributed by atoms with E-state index in [-0.39, 0.29) is 5.54 Å². The molecule has 2 rings (SSSR count). The van der Waals surface area contributed by atoms with Crippen molar-refractivity contribution >= 4 is 0 Å². The van der Waals surface area contributed by atoms with Crippen LogP contribution >= 0.6 is 0 Å². The Morgan fingerprint density at radius 2 is 2.06 bits per heavy atom. The van der Waals surface area contributed by atoms with Gasteiger partial charge in [0.2, 0.25) is 0 Å². The highest BCUT2D eigenvalue weighted by molar-refractivity contribution is 5.22. The number of hydrogen-bond donors (Lipinski definition) is 1. The minimum atomic E-state index is 0.106. The number of imidazole rings is 1. The first-order chi connectivity index (χ1) is 8.04. The summed E-state index contributed by atoms with van der Waals surface area (Å²) in [6.07, 6.45) is 5.57. The van der Waals surface area contributed by atoms with Crippen LogP contribution in [0.15, 0.2) is 36.9 Å². The van der Waals surface area contributed by atoms with Gasteiger partial charge in [-0.1, -0.05) is 6.07 Å². The lowest BCUT2D eigenvalue weighted by Crippen LogP contribution is -2.35. The molecule has 0 bridgehead atoms. The molecule has 1 N–H and O–H groups in total. The van der Waals surface area contributed by atoms with Gasteiger partial charge in [-0.25, -0.2) is 9.97 Å². The number of nitrogens with one attached hydrogen (secondary N) is 1. The highest BCUT2D eigenvalue weighted by atomic mass is 15.1. The fraction of sp³-hybridized carbons (Fsp3) is 0.385. The highest BCUT2D eigenvalue weighted by Crippen LogP contribution is 2.06. The molecule has 2 heterocycles. The van der Waals surface area contributed by atoms with Crippen molar-refractivity contribution in [3.05, 3.63) is 42.6 Å². The van der Waals surface area contributed by atoms with Crippen molar-refractivity contribution in [1.82, 2.24) is 19.9 Å². The van der Waals surface area contributed by atoms with Crippen LogP contribution in [0.4, 0.5) is 0 Å². The molecular formula is C13H18N4. The average molecular weight is 230 g/mol. The summed E-state index contributed by atoms with van der Waals surface area (Å²) >= 11 is 0. The van der Waals surface area contributed by atoms with E-state index in [1.54, 1.807) is 12.5 Å². The Bertz CT molecular complexity index is 468. The van der Waals surface area contributed by atoms with Gasteiger partial charge >= 0.3 is 0 Å². The zero-order valence-electron chi connectivity index (χ0n) is 10.5. The molecule has 4 nitrogen and oxygen atoms in total. The smallest absolute Gasteiger partial charge is 0.137 e. The van der Waals surface area contributed by atoms with Crippen LogP contribution in [-0.4, -0.2) is 20.1 Å². The van der Waals surface area contributed by atoms with Crippen LogP contribution < -0.4 is 5.32 Å². The Morgan fingerprint density at radius 3 is 2.71 bits per heavy atom. The fourth-order valence-corrected chi connectivity index (χ4v) is 1.44. The van der Waals surface area contributed by atoms with E-state index in [1.165, 1.54) is 0 Å². The molecule has 0 radical (unpaired) electrons. The Labute approximate surface area is 102 Å². The number of nitrogens with zero attached hydrogens (tertiary/aromatic N) is 3. The molecule has 2 aromatic rings. The van der Waals surface area contributed by atoms with Crippen molar-refractivity contribution < 1.29 is 0 Å². The molecule has 0 aliphatic carbocycles. The third kappa shape index (κ3) is 3.39. The summed E-state index contributed by atoms with van der Waals surface area (Å²) in [5, 5.41) is 3.41. The van der Waals surface area contributed by atoms with Crippen molar-refractivity contribution in [2.75, 3.05) is 0 Å². The lowest BCUT2D eigenvalue weighted by Gasteiger charge is -2.19. The van der Waals surface area contributed by atoms with Crippen LogP contribution in [-0.2, 0) is 6.54 Å². The molecule has 0 aromatic carbocycles. The molecule has 0 unspecified atom stereocenters. The van der Waals surface area contributed by atoms with E-state index in [2.05, 4.69) is 36.1 Å². The predicted molar refractivity (Wildman–Crippen MR) is 68.0 cm³/mol. The van der Waals surface area contributed by atoms with Gasteiger partial charge in [-0.3, -0.25) is 4.57 Å². The Morgan fingerprint density at radius 1 is 1.24 bits per heavy atom. The summed E-state index contributed by atoms with van der Waals surface area (Å²) in [7, 11) is 0. The quantitative estimate of drug-likeness (QED) is 0.878. The van der Waals surface area contributed by atoms with E-state index in [4.69, 9.17) is 0 Å². The summed E-state index contributed by atoms with van der Waals surface area (Å²) in [6, 6.07) is 5.83. The van der Waals surface area contributed by atoms with Crippen LogP contribution in [0.3, 0.4) is 0 Å². The third-order valence-electron chi connectivity index (χ3n) is 2.35. The predicted octanol–water partition coefficient (Wildman–Crippen LogP) is 2.16. The summed E-state index contributed by atoms with van der Waals surface area (Å²) in [4.78, 5) is 8.63. The highest BCUT2D eigenvalue weighted by Gasteiger charge is 2.09. The van der Waals surface area contributed by atoms with E-state index < -0.39 is 0 Å². The molecule has 0 saturated heterocycles. The van der Waals surface area contributed by atoms with Gasteiger partial charge < -0.3 is 5.32 Å². The molecule has 4 heteroatoms. The van der Waals surface area contributed by atoms with Crippen molar-refractivity contribution in [2.24, 2.45) is 0 Å². The van der Waals surface area contributed by atoms with E-state index in [0.29, 0.717) is 0 Å². The monoisotopic (exact) mass is 230 g/mol. The van der Waals surface area contributed by atoms with Gasteiger partial charge in [0.1, 0.15) is 12.1 Å². The molecular weight excluding hydrogens is 212 g/mol. The van der Waals surface area contributed by atoms with Gasteiger partial charge in [-0.15, -0.1) is 0 Å². The van der Waals surface area contributed by atoms with Gasteiger partial charge in [0.25, 0.3) is 0 Å². The van der Waals surface area contributed by atoms with Crippen LogP contribution in [0.25, 0.3) is 5.82 Å². The van der Waals surface area contributed by atoms with Crippen LogP contribution in [0.2, 0.25) is 0 Å². The van der Waals surface area contributed by atoms with E-state index in [0.717, 1.165) is 18.1 Å². The van der Waals surface area contributed by atoms with Crippen LogP contribution in [0.5, 0.6) is 0 Å². The first-order valence-electron chi connectivity index (χ1n) is 5.74. The Balaban J connectivity index is 2.07. The van der Waals surface area contributed by atoms with Crippen LogP contribution in [0.1, 0.15) is 26.5 Å². The second-order valence-electron chi connectivity index (χ2n) is 5.06. The zero-order valence-corrected chi connectivity index (χ0v) is 10.5. The first kappa shape index (κ1) is 11.8. The van der Waals surface area contributed by atoms with Crippen molar-refractivity contribution in [3.8, 4) is 5.82 Å². The molecule has 0 amide bonds. The van der Waals surface area contributed by atoms with E-state index in [1.807, 2.05) is 29.0 Å². The van der Waals surface area contributed by atoms with Crippen molar-refractivity contribution in [3.63, 3.8) is 0 Å². The molecule has 0 atom stereocenters. The second kappa shape index (κ2) is 4.67. The number of aromatic nitrogens is 3. The SMILES string of the molecule is CC(C)(C)NCc1cn(-c2ccccn2)cn1. The first-order valence-corrected chi connectivity index (χ1v) is 5.74. The lowest BCUT2D eigenvalue weighted by molar-refractivity contribution is 0.421. The van der Waals surface area contributed by atoms with E-state index in [9.17, 15) is 0 Å². The molecule has 90 valence electrons. The minimum Gasteiger partial charge on any atom is -0.306 e. The van der Waals surface area contributed by atoms with Gasteiger partial charge in [-0.2, -0.15) is 0 Å². The molecule has 0 saturated carbocycles. The summed E-state index contributed by atoms with van der Waals surface area (Å²) in [5.41, 5.74) is 1.12. The van der Waals surface area contributed by atoms with E-state index >= 15 is 0 Å². The van der Waals surface area contributed by atoms with Crippen molar-refractivity contribution in [2.45, 2.75) is 32.9 Å².